The SMILES string of the molecule is CC[C@H]1[C@@H](O)[C@@H]2[C@H](CC[C@]3(C)[C@@H]([C@H](C)CCS(=O)(=O)NCc4ccc(OC)cc4)CC[C@@H]23)[C@@]2(C)CC[C@@H](O)C[C@@H]12. The highest BCUT2D eigenvalue weighted by Gasteiger charge is 2.64. The lowest BCUT2D eigenvalue weighted by atomic mass is 9.41. The Morgan fingerprint density at radius 1 is 1.00 bits per heavy atom. The molecule has 6 nitrogen and oxygen atoms in total. The third-order valence-corrected chi connectivity index (χ3v) is 14.0. The summed E-state index contributed by atoms with van der Waals surface area (Å²) in [5.41, 5.74) is 1.27. The number of aliphatic hydroxyl groups excluding tert-OH is 2. The molecule has 226 valence electrons. The van der Waals surface area contributed by atoms with Crippen LogP contribution in [0.2, 0.25) is 0 Å². The average molecular weight is 576 g/mol. The van der Waals surface area contributed by atoms with Crippen LogP contribution in [0.4, 0.5) is 0 Å². The Balaban J connectivity index is 1.25. The number of benzene rings is 1. The molecule has 0 spiro atoms. The van der Waals surface area contributed by atoms with Gasteiger partial charge in [0.05, 0.1) is 25.1 Å². The van der Waals surface area contributed by atoms with E-state index >= 15 is 0 Å². The number of ether oxygens (including phenoxy) is 1. The quantitative estimate of drug-likeness (QED) is 0.348. The standard InChI is InChI=1S/C33H53NO5S/c1-6-25-29-19-23(35)13-16-33(29,4)28-14-17-32(3)26(11-12-27(32)30(28)31(25)36)21(2)15-18-40(37,38)34-20-22-7-9-24(39-5)10-8-22/h7-10,21,23,25-31,34-36H,6,11-20H2,1-5H3/t21-,23-,25-,26-,27+,28+,29+,30+,31-,32-,33-/m1/s1. The van der Waals surface area contributed by atoms with Crippen LogP contribution < -0.4 is 9.46 Å². The molecule has 5 rings (SSSR count). The predicted octanol–water partition coefficient (Wildman–Crippen LogP) is 5.77. The highest BCUT2D eigenvalue weighted by molar-refractivity contribution is 7.89. The van der Waals surface area contributed by atoms with Crippen LogP contribution in [-0.4, -0.2) is 43.7 Å². The Morgan fingerprint density at radius 2 is 1.68 bits per heavy atom. The second-order valence-electron chi connectivity index (χ2n) is 14.4. The van der Waals surface area contributed by atoms with Gasteiger partial charge in [-0.15, -0.1) is 0 Å². The number of aliphatic hydroxyl groups is 2. The number of fused-ring (bicyclic) bond motifs is 5. The predicted molar refractivity (Wildman–Crippen MR) is 159 cm³/mol. The number of rotatable bonds is 9. The molecule has 0 radical (unpaired) electrons. The Labute approximate surface area is 242 Å². The van der Waals surface area contributed by atoms with E-state index < -0.39 is 10.0 Å². The lowest BCUT2D eigenvalue weighted by molar-refractivity contribution is -0.203. The number of sulfonamides is 1. The van der Waals surface area contributed by atoms with Gasteiger partial charge in [0.1, 0.15) is 5.75 Å². The Kier molecular flexibility index (Phi) is 8.72. The fourth-order valence-electron chi connectivity index (χ4n) is 10.5. The van der Waals surface area contributed by atoms with Gasteiger partial charge in [0.2, 0.25) is 10.0 Å². The van der Waals surface area contributed by atoms with Gasteiger partial charge in [-0.3, -0.25) is 0 Å². The number of hydrogen-bond donors (Lipinski definition) is 3. The average Bonchev–Trinajstić information content (AvgIpc) is 3.29. The van der Waals surface area contributed by atoms with Crippen molar-refractivity contribution in [2.75, 3.05) is 12.9 Å². The van der Waals surface area contributed by atoms with Gasteiger partial charge in [0, 0.05) is 6.54 Å². The van der Waals surface area contributed by atoms with E-state index in [9.17, 15) is 18.6 Å². The van der Waals surface area contributed by atoms with Crippen LogP contribution in [0.5, 0.6) is 5.75 Å². The van der Waals surface area contributed by atoms with E-state index in [0.717, 1.165) is 56.3 Å². The topological polar surface area (TPSA) is 95.9 Å². The van der Waals surface area contributed by atoms with Crippen LogP contribution in [0.3, 0.4) is 0 Å². The van der Waals surface area contributed by atoms with Crippen molar-refractivity contribution < 1.29 is 23.4 Å². The van der Waals surface area contributed by atoms with Crippen LogP contribution in [0.15, 0.2) is 24.3 Å². The molecule has 4 fully saturated rings. The van der Waals surface area contributed by atoms with Crippen molar-refractivity contribution in [2.45, 2.75) is 104 Å². The molecule has 0 aliphatic heterocycles. The van der Waals surface area contributed by atoms with E-state index in [1.54, 1.807) is 7.11 Å². The number of nitrogens with one attached hydrogen (secondary N) is 1. The van der Waals surface area contributed by atoms with Gasteiger partial charge in [0.15, 0.2) is 0 Å². The van der Waals surface area contributed by atoms with Crippen LogP contribution in [0, 0.1) is 52.3 Å². The van der Waals surface area contributed by atoms with Crippen molar-refractivity contribution in [2.24, 2.45) is 52.3 Å². The normalized spacial score (nSPS) is 42.0. The molecule has 7 heteroatoms. The Hall–Kier alpha value is -1.15. The van der Waals surface area contributed by atoms with Gasteiger partial charge in [-0.05, 0) is 121 Å². The zero-order chi connectivity index (χ0) is 28.9. The maximum atomic E-state index is 12.9. The highest BCUT2D eigenvalue weighted by atomic mass is 32.2. The number of hydrogen-bond acceptors (Lipinski definition) is 5. The van der Waals surface area contributed by atoms with Crippen LogP contribution in [-0.2, 0) is 16.6 Å². The van der Waals surface area contributed by atoms with Crippen LogP contribution in [0.1, 0.15) is 91.0 Å². The molecule has 4 saturated carbocycles. The van der Waals surface area contributed by atoms with Crippen LogP contribution in [0.25, 0.3) is 0 Å². The van der Waals surface area contributed by atoms with Gasteiger partial charge in [-0.1, -0.05) is 46.2 Å². The fraction of sp³-hybridized carbons (Fsp3) is 0.818. The molecule has 1 aromatic carbocycles. The minimum absolute atomic E-state index is 0.149. The summed E-state index contributed by atoms with van der Waals surface area (Å²) in [6, 6.07) is 7.48. The third kappa shape index (κ3) is 5.38. The second-order valence-corrected chi connectivity index (χ2v) is 16.3. The first-order valence-electron chi connectivity index (χ1n) is 15.9. The summed E-state index contributed by atoms with van der Waals surface area (Å²) in [5.74, 6) is 3.74. The first kappa shape index (κ1) is 30.3. The lowest BCUT2D eigenvalue weighted by Crippen LogP contribution is -2.62. The Morgan fingerprint density at radius 3 is 2.35 bits per heavy atom. The van der Waals surface area contributed by atoms with E-state index in [-0.39, 0.29) is 34.7 Å². The molecular weight excluding hydrogens is 522 g/mol. The first-order valence-corrected chi connectivity index (χ1v) is 17.5. The van der Waals surface area contributed by atoms with E-state index in [4.69, 9.17) is 4.74 Å². The minimum atomic E-state index is -3.38. The summed E-state index contributed by atoms with van der Waals surface area (Å²) in [6.45, 7) is 9.72. The van der Waals surface area contributed by atoms with Crippen molar-refractivity contribution in [1.82, 2.24) is 4.72 Å². The highest BCUT2D eigenvalue weighted by Crippen LogP contribution is 2.69. The summed E-state index contributed by atoms with van der Waals surface area (Å²) in [6.07, 6.45) is 8.54. The molecule has 1 aromatic rings. The second kappa shape index (κ2) is 11.5. The molecule has 0 heterocycles. The van der Waals surface area contributed by atoms with Crippen LogP contribution >= 0.6 is 0 Å². The molecule has 4 aliphatic rings. The van der Waals surface area contributed by atoms with E-state index in [0.29, 0.717) is 48.5 Å². The fourth-order valence-corrected chi connectivity index (χ4v) is 11.7. The van der Waals surface area contributed by atoms with Crippen molar-refractivity contribution in [1.29, 1.82) is 0 Å². The largest absolute Gasteiger partial charge is 0.497 e. The maximum Gasteiger partial charge on any atom is 0.211 e. The third-order valence-electron chi connectivity index (χ3n) is 12.6. The summed E-state index contributed by atoms with van der Waals surface area (Å²) in [5, 5.41) is 22.4. The van der Waals surface area contributed by atoms with E-state index in [1.807, 2.05) is 24.3 Å². The molecule has 0 aromatic heterocycles. The van der Waals surface area contributed by atoms with Gasteiger partial charge >= 0.3 is 0 Å². The van der Waals surface area contributed by atoms with E-state index in [1.165, 1.54) is 6.42 Å². The molecular formula is C33H53NO5S. The maximum absolute atomic E-state index is 12.9. The minimum Gasteiger partial charge on any atom is -0.497 e. The first-order chi connectivity index (χ1) is 18.9. The summed E-state index contributed by atoms with van der Waals surface area (Å²) >= 11 is 0. The van der Waals surface area contributed by atoms with Crippen molar-refractivity contribution >= 4 is 10.0 Å². The molecule has 3 N–H and O–H groups in total. The molecule has 11 atom stereocenters. The molecule has 0 saturated heterocycles. The molecule has 40 heavy (non-hydrogen) atoms. The van der Waals surface area contributed by atoms with Crippen molar-refractivity contribution in [3.63, 3.8) is 0 Å². The summed E-state index contributed by atoms with van der Waals surface area (Å²) in [7, 11) is -1.76. The van der Waals surface area contributed by atoms with Gasteiger partial charge < -0.3 is 14.9 Å². The molecule has 0 unspecified atom stereocenters. The van der Waals surface area contributed by atoms with Crippen molar-refractivity contribution in [3.8, 4) is 5.75 Å². The van der Waals surface area contributed by atoms with Crippen molar-refractivity contribution in [3.05, 3.63) is 29.8 Å². The smallest absolute Gasteiger partial charge is 0.211 e. The zero-order valence-electron chi connectivity index (χ0n) is 25.3. The molecule has 0 bridgehead atoms. The van der Waals surface area contributed by atoms with Gasteiger partial charge in [0.25, 0.3) is 0 Å². The molecule has 0 amide bonds. The number of methoxy groups -OCH3 is 1. The van der Waals surface area contributed by atoms with E-state index in [2.05, 4.69) is 32.4 Å². The Bertz CT molecular complexity index is 1120. The monoisotopic (exact) mass is 575 g/mol. The zero-order valence-corrected chi connectivity index (χ0v) is 26.1. The van der Waals surface area contributed by atoms with Gasteiger partial charge in [-0.25, -0.2) is 13.1 Å². The summed E-state index contributed by atoms with van der Waals surface area (Å²) in [4.78, 5) is 0. The lowest BCUT2D eigenvalue weighted by Gasteiger charge is -2.64. The summed E-state index contributed by atoms with van der Waals surface area (Å²) < 4.78 is 33.8. The molecule has 4 aliphatic carbocycles. The van der Waals surface area contributed by atoms with Gasteiger partial charge in [-0.2, -0.15) is 0 Å².